The van der Waals surface area contributed by atoms with Crippen LogP contribution in [0.4, 0.5) is 0 Å². The van der Waals surface area contributed by atoms with E-state index in [-0.39, 0.29) is 36.1 Å². The highest BCUT2D eigenvalue weighted by atomic mass is 16.5. The van der Waals surface area contributed by atoms with Crippen molar-refractivity contribution in [1.29, 1.82) is 0 Å². The normalized spacial score (nSPS) is 22.9. The van der Waals surface area contributed by atoms with Gasteiger partial charge in [-0.25, -0.2) is 0 Å². The molecule has 6 atom stereocenters. The lowest BCUT2D eigenvalue weighted by atomic mass is 9.96. The molecule has 4 amide bonds. The number of hydrogen-bond donors (Lipinski definition) is 2. The Balaban J connectivity index is 1.46. The fraction of sp³-hybridized carbons (Fsp3) is 0.500. The van der Waals surface area contributed by atoms with Crippen molar-refractivity contribution >= 4 is 29.7 Å². The smallest absolute Gasteiger partial charge is 0.249 e. The molecule has 0 aliphatic carbocycles. The molecule has 47 heavy (non-hydrogen) atoms. The predicted octanol–water partition coefficient (Wildman–Crippen LogP) is 2.84. The van der Waals surface area contributed by atoms with Crippen LogP contribution in [0.3, 0.4) is 0 Å². The number of carbonyl (C=O) groups is 4. The minimum Gasteiger partial charge on any atom is -0.496 e. The number of rotatable bonds is 9. The molecule has 2 fully saturated rings. The van der Waals surface area contributed by atoms with Crippen LogP contribution in [0.25, 0.3) is 6.08 Å². The second-order valence-corrected chi connectivity index (χ2v) is 12.9. The average Bonchev–Trinajstić information content (AvgIpc) is 3.73. The van der Waals surface area contributed by atoms with Crippen LogP contribution in [0, 0.1) is 5.92 Å². The number of fused-ring (bicyclic) bond motifs is 4. The summed E-state index contributed by atoms with van der Waals surface area (Å²) in [4.78, 5) is 61.1. The van der Waals surface area contributed by atoms with Gasteiger partial charge in [0.05, 0.1) is 13.2 Å². The van der Waals surface area contributed by atoms with E-state index in [1.807, 2.05) is 63.2 Å². The predicted molar refractivity (Wildman–Crippen MR) is 178 cm³/mol. The van der Waals surface area contributed by atoms with Gasteiger partial charge in [-0.3, -0.25) is 24.1 Å². The summed E-state index contributed by atoms with van der Waals surface area (Å²) in [5.41, 5.74) is 1.72. The number of carbonyl (C=O) groups excluding carboxylic acids is 4. The van der Waals surface area contributed by atoms with Gasteiger partial charge in [-0.05, 0) is 69.1 Å². The van der Waals surface area contributed by atoms with E-state index in [0.717, 1.165) is 5.56 Å². The molecule has 2 aromatic carbocycles. The minimum atomic E-state index is -0.965. The third-order valence-corrected chi connectivity index (χ3v) is 9.67. The molecule has 3 aliphatic heterocycles. The second kappa shape index (κ2) is 15.0. The number of amides is 4. The summed E-state index contributed by atoms with van der Waals surface area (Å²) in [6, 6.07) is 12.1. The van der Waals surface area contributed by atoms with Gasteiger partial charge in [0.25, 0.3) is 0 Å². The molecule has 0 spiro atoms. The molecule has 2 bridgehead atoms. The van der Waals surface area contributed by atoms with Gasteiger partial charge in [0.15, 0.2) is 0 Å². The Hall–Kier alpha value is -4.38. The Morgan fingerprint density at radius 1 is 1.11 bits per heavy atom. The van der Waals surface area contributed by atoms with E-state index in [4.69, 9.17) is 9.47 Å². The lowest BCUT2D eigenvalue weighted by molar-refractivity contribution is -0.150. The summed E-state index contributed by atoms with van der Waals surface area (Å²) in [5.74, 6) is -0.251. The highest BCUT2D eigenvalue weighted by molar-refractivity contribution is 5.96. The second-order valence-electron chi connectivity index (χ2n) is 12.9. The molecule has 2 saturated heterocycles. The number of nitrogens with zero attached hydrogens (tertiary/aromatic N) is 3. The summed E-state index contributed by atoms with van der Waals surface area (Å²) < 4.78 is 12.0. The van der Waals surface area contributed by atoms with Crippen molar-refractivity contribution < 1.29 is 28.7 Å². The lowest BCUT2D eigenvalue weighted by Gasteiger charge is -2.36. The van der Waals surface area contributed by atoms with E-state index < -0.39 is 30.3 Å². The summed E-state index contributed by atoms with van der Waals surface area (Å²) in [6.45, 7) is 4.60. The third-order valence-electron chi connectivity index (χ3n) is 9.67. The van der Waals surface area contributed by atoms with E-state index in [9.17, 15) is 19.2 Å². The van der Waals surface area contributed by atoms with Crippen LogP contribution in [-0.2, 0) is 25.6 Å². The number of ether oxygens (including phenoxy) is 2. The van der Waals surface area contributed by atoms with Crippen molar-refractivity contribution in [2.45, 2.75) is 76.2 Å². The van der Waals surface area contributed by atoms with Gasteiger partial charge >= 0.3 is 0 Å². The minimum absolute atomic E-state index is 0.198. The zero-order valence-corrected chi connectivity index (χ0v) is 28.0. The van der Waals surface area contributed by atoms with E-state index in [0.29, 0.717) is 55.7 Å². The van der Waals surface area contributed by atoms with Gasteiger partial charge in [0, 0.05) is 31.3 Å². The summed E-state index contributed by atoms with van der Waals surface area (Å²) in [7, 11) is 5.27. The van der Waals surface area contributed by atoms with Gasteiger partial charge in [-0.2, -0.15) is 0 Å². The fourth-order valence-corrected chi connectivity index (χ4v) is 6.76. The number of benzene rings is 2. The molecule has 0 aromatic heterocycles. The Morgan fingerprint density at radius 3 is 2.57 bits per heavy atom. The average molecular weight is 646 g/mol. The van der Waals surface area contributed by atoms with Gasteiger partial charge < -0.3 is 29.9 Å². The molecule has 0 saturated carbocycles. The Morgan fingerprint density at radius 2 is 1.87 bits per heavy atom. The number of likely N-dealkylation sites (tertiary alicyclic amines) is 1. The van der Waals surface area contributed by atoms with Crippen LogP contribution in [0.1, 0.15) is 50.7 Å². The first kappa shape index (κ1) is 34.0. The maximum absolute atomic E-state index is 14.5. The van der Waals surface area contributed by atoms with Crippen molar-refractivity contribution in [1.82, 2.24) is 25.3 Å². The Kier molecular flexibility index (Phi) is 10.9. The highest BCUT2D eigenvalue weighted by Gasteiger charge is 2.50. The molecular weight excluding hydrogens is 598 g/mol. The summed E-state index contributed by atoms with van der Waals surface area (Å²) >= 11 is 0. The number of methoxy groups -OCH3 is 1. The molecule has 5 rings (SSSR count). The molecule has 11 heteroatoms. The molecule has 0 radical (unpaired) electrons. The Labute approximate surface area is 277 Å². The van der Waals surface area contributed by atoms with Gasteiger partial charge in [0.2, 0.25) is 23.6 Å². The van der Waals surface area contributed by atoms with Crippen molar-refractivity contribution in [3.63, 3.8) is 0 Å². The van der Waals surface area contributed by atoms with Crippen LogP contribution >= 0.6 is 0 Å². The zero-order valence-electron chi connectivity index (χ0n) is 28.0. The lowest BCUT2D eigenvalue weighted by Crippen LogP contribution is -2.60. The van der Waals surface area contributed by atoms with Gasteiger partial charge in [0.1, 0.15) is 35.7 Å². The first-order chi connectivity index (χ1) is 22.6. The SMILES string of the molecule is CC[C@H](C)[C@@H](NC(=O)[C@H](Cc1ccccc1)N(C)C)C(=O)N1CC[C@@H]2Oc3ccc(OC)c(c3)C=CNC(=O)[C@@H]3CCCN3C(=O)[C@H]21. The van der Waals surface area contributed by atoms with E-state index >= 15 is 0 Å². The quantitative estimate of drug-likeness (QED) is 0.431. The maximum Gasteiger partial charge on any atom is 0.249 e. The Bertz CT molecular complexity index is 1480. The molecule has 2 N–H and O–H groups in total. The number of hydrogen-bond acceptors (Lipinski definition) is 7. The van der Waals surface area contributed by atoms with Crippen molar-refractivity contribution in [2.75, 3.05) is 34.3 Å². The first-order valence-electron chi connectivity index (χ1n) is 16.6. The topological polar surface area (TPSA) is 121 Å². The highest BCUT2D eigenvalue weighted by Crippen LogP contribution is 2.32. The van der Waals surface area contributed by atoms with Gasteiger partial charge in [-0.1, -0.05) is 50.6 Å². The molecule has 3 aliphatic rings. The summed E-state index contributed by atoms with van der Waals surface area (Å²) in [5, 5.41) is 5.90. The van der Waals surface area contributed by atoms with E-state index in [1.54, 1.807) is 47.4 Å². The van der Waals surface area contributed by atoms with Crippen LogP contribution in [0.15, 0.2) is 54.7 Å². The molecule has 3 heterocycles. The zero-order chi connectivity index (χ0) is 33.7. The maximum atomic E-state index is 14.5. The number of nitrogens with one attached hydrogen (secondary N) is 2. The van der Waals surface area contributed by atoms with E-state index in [2.05, 4.69) is 10.6 Å². The van der Waals surface area contributed by atoms with E-state index in [1.165, 1.54) is 0 Å². The fourth-order valence-electron chi connectivity index (χ4n) is 6.76. The van der Waals surface area contributed by atoms with Crippen molar-refractivity contribution in [2.24, 2.45) is 5.92 Å². The van der Waals surface area contributed by atoms with Crippen LogP contribution < -0.4 is 20.1 Å². The van der Waals surface area contributed by atoms with Crippen LogP contribution in [-0.4, -0.2) is 103 Å². The molecule has 11 nitrogen and oxygen atoms in total. The molecule has 2 aromatic rings. The van der Waals surface area contributed by atoms with Crippen molar-refractivity contribution in [3.8, 4) is 11.5 Å². The van der Waals surface area contributed by atoms with Crippen LogP contribution in [0.2, 0.25) is 0 Å². The molecular formula is C36H47N5O6. The third kappa shape index (κ3) is 7.45. The first-order valence-corrected chi connectivity index (χ1v) is 16.6. The monoisotopic (exact) mass is 645 g/mol. The summed E-state index contributed by atoms with van der Waals surface area (Å²) in [6.07, 6.45) is 5.38. The molecule has 252 valence electrons. The van der Waals surface area contributed by atoms with Gasteiger partial charge in [-0.15, -0.1) is 0 Å². The number of likely N-dealkylation sites (N-methyl/N-ethyl adjacent to an activating group) is 1. The van der Waals surface area contributed by atoms with Crippen molar-refractivity contribution in [3.05, 3.63) is 65.9 Å². The largest absolute Gasteiger partial charge is 0.496 e. The standard InChI is InChI=1S/C36H47N5O6/c1-6-23(2)31(38-34(43)28(39(3)4)21-24-11-8-7-9-12-24)35(44)41-20-17-30-32(41)36(45)40-19-10-13-27(40)33(42)37-18-16-25-22-26(47-30)14-15-29(25)46-5/h7-9,11-12,14-16,18,22-23,27-28,30-32H,6,10,13,17,19-21H2,1-5H3,(H,37,42)(H,38,43)/t23-,27-,28-,30-,31+,32-/m0/s1. The van der Waals surface area contributed by atoms with Crippen LogP contribution in [0.5, 0.6) is 11.5 Å². The molecule has 0 unspecified atom stereocenters.